The van der Waals surface area contributed by atoms with Crippen molar-refractivity contribution in [2.75, 3.05) is 19.7 Å². The molecule has 1 aromatic rings. The van der Waals surface area contributed by atoms with E-state index < -0.39 is 0 Å². The molecule has 0 aromatic heterocycles. The Bertz CT molecular complexity index is 347. The van der Waals surface area contributed by atoms with Crippen LogP contribution in [0.25, 0.3) is 0 Å². The fourth-order valence-electron chi connectivity index (χ4n) is 1.86. The van der Waals surface area contributed by atoms with Gasteiger partial charge in [0.15, 0.2) is 0 Å². The van der Waals surface area contributed by atoms with Crippen LogP contribution >= 0.6 is 0 Å². The van der Waals surface area contributed by atoms with Crippen LogP contribution in [0.1, 0.15) is 37.8 Å². The van der Waals surface area contributed by atoms with Crippen molar-refractivity contribution in [3.05, 3.63) is 29.3 Å². The summed E-state index contributed by atoms with van der Waals surface area (Å²) in [5.41, 5.74) is 2.46. The van der Waals surface area contributed by atoms with Crippen LogP contribution in [0.2, 0.25) is 0 Å². The molecule has 0 aliphatic rings. The van der Waals surface area contributed by atoms with Gasteiger partial charge in [-0.2, -0.15) is 0 Å². The molecule has 0 saturated heterocycles. The molecule has 0 unspecified atom stereocenters. The fraction of sp³-hybridized carbons (Fsp3) is 0.625. The van der Waals surface area contributed by atoms with Crippen LogP contribution in [-0.4, -0.2) is 19.7 Å². The highest BCUT2D eigenvalue weighted by molar-refractivity contribution is 5.35. The molecule has 0 bridgehead atoms. The summed E-state index contributed by atoms with van der Waals surface area (Å²) in [5, 5.41) is 3.42. The second-order valence-corrected chi connectivity index (χ2v) is 5.40. The van der Waals surface area contributed by atoms with E-state index in [9.17, 15) is 0 Å². The molecule has 0 atom stereocenters. The number of benzene rings is 1. The Labute approximate surface area is 112 Å². The van der Waals surface area contributed by atoms with Crippen LogP contribution in [0.5, 0.6) is 5.75 Å². The van der Waals surface area contributed by atoms with E-state index in [0.29, 0.717) is 0 Å². The highest BCUT2D eigenvalue weighted by Crippen LogP contribution is 2.18. The Morgan fingerprint density at radius 1 is 1.17 bits per heavy atom. The van der Waals surface area contributed by atoms with Gasteiger partial charge in [-0.3, -0.25) is 0 Å². The van der Waals surface area contributed by atoms with Gasteiger partial charge in [-0.1, -0.05) is 26.0 Å². The van der Waals surface area contributed by atoms with Gasteiger partial charge in [-0.25, -0.2) is 0 Å². The molecule has 0 radical (unpaired) electrons. The summed E-state index contributed by atoms with van der Waals surface area (Å²) in [6.07, 6.45) is 2.55. The lowest BCUT2D eigenvalue weighted by Crippen LogP contribution is -2.22. The monoisotopic (exact) mass is 249 g/mol. The minimum Gasteiger partial charge on any atom is -0.492 e. The molecule has 1 aromatic carbocycles. The van der Waals surface area contributed by atoms with Gasteiger partial charge in [-0.15, -0.1) is 0 Å². The maximum atomic E-state index is 5.78. The number of hydrogen-bond acceptors (Lipinski definition) is 2. The summed E-state index contributed by atoms with van der Waals surface area (Å²) in [7, 11) is 0. The molecule has 1 rings (SSSR count). The zero-order valence-electron chi connectivity index (χ0n) is 12.3. The highest BCUT2D eigenvalue weighted by atomic mass is 16.5. The zero-order chi connectivity index (χ0) is 13.4. The summed E-state index contributed by atoms with van der Waals surface area (Å²) >= 11 is 0. The number of ether oxygens (including phenoxy) is 1. The van der Waals surface area contributed by atoms with Crippen molar-refractivity contribution in [2.45, 2.75) is 40.5 Å². The lowest BCUT2D eigenvalue weighted by molar-refractivity contribution is 0.311. The number of nitrogens with one attached hydrogen (secondary N) is 1. The lowest BCUT2D eigenvalue weighted by Gasteiger charge is -2.11. The quantitative estimate of drug-likeness (QED) is 0.709. The molecule has 0 aliphatic carbocycles. The van der Waals surface area contributed by atoms with Gasteiger partial charge >= 0.3 is 0 Å². The Hall–Kier alpha value is -1.02. The molecular weight excluding hydrogens is 222 g/mol. The van der Waals surface area contributed by atoms with Crippen molar-refractivity contribution in [1.82, 2.24) is 5.32 Å². The third-order valence-electron chi connectivity index (χ3n) is 3.02. The number of hydrogen-bond donors (Lipinski definition) is 1. The molecule has 1 N–H and O–H groups in total. The normalized spacial score (nSPS) is 10.9. The molecule has 2 nitrogen and oxygen atoms in total. The molecule has 0 fully saturated rings. The summed E-state index contributed by atoms with van der Waals surface area (Å²) in [6.45, 7) is 11.5. The summed E-state index contributed by atoms with van der Waals surface area (Å²) in [5.74, 6) is 1.82. The van der Waals surface area contributed by atoms with Gasteiger partial charge in [0.2, 0.25) is 0 Å². The van der Waals surface area contributed by atoms with E-state index in [2.05, 4.69) is 51.2 Å². The van der Waals surface area contributed by atoms with Crippen molar-refractivity contribution in [1.29, 1.82) is 0 Å². The average Bonchev–Trinajstić information content (AvgIpc) is 2.32. The molecule has 102 valence electrons. The first-order chi connectivity index (χ1) is 8.59. The van der Waals surface area contributed by atoms with Crippen LogP contribution in [0.15, 0.2) is 18.2 Å². The SMILES string of the molecule is Cc1ccc(C)c(OCCNCCCC(C)C)c1. The average molecular weight is 249 g/mol. The largest absolute Gasteiger partial charge is 0.492 e. The van der Waals surface area contributed by atoms with Crippen LogP contribution in [0.4, 0.5) is 0 Å². The molecule has 0 aliphatic heterocycles. The zero-order valence-corrected chi connectivity index (χ0v) is 12.3. The third kappa shape index (κ3) is 6.06. The molecule has 0 amide bonds. The van der Waals surface area contributed by atoms with E-state index in [0.717, 1.165) is 31.4 Å². The Morgan fingerprint density at radius 2 is 1.94 bits per heavy atom. The van der Waals surface area contributed by atoms with E-state index >= 15 is 0 Å². The molecule has 18 heavy (non-hydrogen) atoms. The molecule has 0 saturated carbocycles. The van der Waals surface area contributed by atoms with E-state index in [1.165, 1.54) is 24.0 Å². The number of rotatable bonds is 8. The van der Waals surface area contributed by atoms with Crippen LogP contribution in [0, 0.1) is 19.8 Å². The Kier molecular flexibility index (Phi) is 6.81. The lowest BCUT2D eigenvalue weighted by atomic mass is 10.1. The van der Waals surface area contributed by atoms with Gasteiger partial charge in [0, 0.05) is 6.54 Å². The second kappa shape index (κ2) is 8.15. The summed E-state index contributed by atoms with van der Waals surface area (Å²) in [6, 6.07) is 6.33. The van der Waals surface area contributed by atoms with Crippen molar-refractivity contribution in [2.24, 2.45) is 5.92 Å². The molecule has 0 heterocycles. The summed E-state index contributed by atoms with van der Waals surface area (Å²) < 4.78 is 5.78. The topological polar surface area (TPSA) is 21.3 Å². The maximum absolute atomic E-state index is 5.78. The van der Waals surface area contributed by atoms with Crippen LogP contribution in [-0.2, 0) is 0 Å². The third-order valence-corrected chi connectivity index (χ3v) is 3.02. The van der Waals surface area contributed by atoms with Gasteiger partial charge in [0.1, 0.15) is 12.4 Å². The maximum Gasteiger partial charge on any atom is 0.122 e. The van der Waals surface area contributed by atoms with Crippen molar-refractivity contribution >= 4 is 0 Å². The minimum absolute atomic E-state index is 0.742. The van der Waals surface area contributed by atoms with Crippen LogP contribution < -0.4 is 10.1 Å². The van der Waals surface area contributed by atoms with Gasteiger partial charge in [0.25, 0.3) is 0 Å². The van der Waals surface area contributed by atoms with Gasteiger partial charge < -0.3 is 10.1 Å². The first kappa shape index (κ1) is 15.0. The minimum atomic E-state index is 0.742. The van der Waals surface area contributed by atoms with Crippen molar-refractivity contribution in [3.8, 4) is 5.75 Å². The summed E-state index contributed by atoms with van der Waals surface area (Å²) in [4.78, 5) is 0. The molecule has 0 spiro atoms. The predicted octanol–water partition coefficient (Wildman–Crippen LogP) is 3.71. The van der Waals surface area contributed by atoms with E-state index in [1.54, 1.807) is 0 Å². The van der Waals surface area contributed by atoms with E-state index in [4.69, 9.17) is 4.74 Å². The van der Waals surface area contributed by atoms with Crippen LogP contribution in [0.3, 0.4) is 0 Å². The van der Waals surface area contributed by atoms with Crippen molar-refractivity contribution < 1.29 is 4.74 Å². The highest BCUT2D eigenvalue weighted by Gasteiger charge is 1.99. The number of aryl methyl sites for hydroxylation is 2. The van der Waals surface area contributed by atoms with Gasteiger partial charge in [0.05, 0.1) is 0 Å². The first-order valence-corrected chi connectivity index (χ1v) is 7.00. The molecule has 2 heteroatoms. The first-order valence-electron chi connectivity index (χ1n) is 7.00. The standard InChI is InChI=1S/C16H27NO/c1-13(2)6-5-9-17-10-11-18-16-12-14(3)7-8-15(16)4/h7-8,12-13,17H,5-6,9-11H2,1-4H3. The smallest absolute Gasteiger partial charge is 0.122 e. The van der Waals surface area contributed by atoms with Gasteiger partial charge in [-0.05, 0) is 56.3 Å². The van der Waals surface area contributed by atoms with Crippen molar-refractivity contribution in [3.63, 3.8) is 0 Å². The predicted molar refractivity (Wildman–Crippen MR) is 78.4 cm³/mol. The Balaban J connectivity index is 2.12. The van der Waals surface area contributed by atoms with E-state index in [-0.39, 0.29) is 0 Å². The molecular formula is C16H27NO. The second-order valence-electron chi connectivity index (χ2n) is 5.40. The van der Waals surface area contributed by atoms with E-state index in [1.807, 2.05) is 0 Å². The fourth-order valence-corrected chi connectivity index (χ4v) is 1.86. The Morgan fingerprint density at radius 3 is 2.67 bits per heavy atom.